The molecule has 7 heteroatoms. The standard InChI is InChI=1S/C11H12F3NO3/c1-18-15-11(17)4-7(16)2-6-3-9(13)10(14)5-8(6)12/h3,5,7,16H,2,4H2,1H3,(H,15,17). The zero-order chi connectivity index (χ0) is 13.7. The fourth-order valence-corrected chi connectivity index (χ4v) is 1.42. The first kappa shape index (κ1) is 14.5. The van der Waals surface area contributed by atoms with Crippen LogP contribution < -0.4 is 5.48 Å². The van der Waals surface area contributed by atoms with Gasteiger partial charge in [-0.05, 0) is 11.6 Å². The van der Waals surface area contributed by atoms with Crippen molar-refractivity contribution >= 4 is 5.91 Å². The molecule has 1 aromatic carbocycles. The van der Waals surface area contributed by atoms with E-state index in [1.807, 2.05) is 5.48 Å². The van der Waals surface area contributed by atoms with Gasteiger partial charge in [0.1, 0.15) is 5.82 Å². The predicted octanol–water partition coefficient (Wildman–Crippen LogP) is 1.07. The van der Waals surface area contributed by atoms with Crippen molar-refractivity contribution < 1.29 is 27.9 Å². The summed E-state index contributed by atoms with van der Waals surface area (Å²) in [4.78, 5) is 15.3. The molecule has 0 aliphatic heterocycles. The minimum Gasteiger partial charge on any atom is -0.392 e. The molecule has 0 heterocycles. The first-order valence-electron chi connectivity index (χ1n) is 5.07. The first-order chi connectivity index (χ1) is 8.43. The molecular formula is C11H12F3NO3. The molecule has 0 radical (unpaired) electrons. The van der Waals surface area contributed by atoms with Crippen LogP contribution in [0.1, 0.15) is 12.0 Å². The van der Waals surface area contributed by atoms with Crippen LogP contribution in [0.2, 0.25) is 0 Å². The smallest absolute Gasteiger partial charge is 0.246 e. The molecule has 1 unspecified atom stereocenters. The number of aliphatic hydroxyl groups excluding tert-OH is 1. The lowest BCUT2D eigenvalue weighted by atomic mass is 10.0. The topological polar surface area (TPSA) is 58.6 Å². The maximum atomic E-state index is 13.2. The normalized spacial score (nSPS) is 12.3. The van der Waals surface area contributed by atoms with Gasteiger partial charge in [-0.1, -0.05) is 0 Å². The number of hydrogen-bond donors (Lipinski definition) is 2. The third-order valence-electron chi connectivity index (χ3n) is 2.18. The summed E-state index contributed by atoms with van der Waals surface area (Å²) in [6.45, 7) is 0. The van der Waals surface area contributed by atoms with Crippen molar-refractivity contribution in [2.45, 2.75) is 18.9 Å². The molecule has 1 rings (SSSR count). The molecule has 0 saturated carbocycles. The van der Waals surface area contributed by atoms with Crippen LogP contribution in [-0.2, 0) is 16.1 Å². The van der Waals surface area contributed by atoms with Gasteiger partial charge in [-0.3, -0.25) is 9.63 Å². The fourth-order valence-electron chi connectivity index (χ4n) is 1.42. The molecule has 2 N–H and O–H groups in total. The summed E-state index contributed by atoms with van der Waals surface area (Å²) in [6.07, 6.45) is -1.87. The summed E-state index contributed by atoms with van der Waals surface area (Å²) >= 11 is 0. The van der Waals surface area contributed by atoms with Gasteiger partial charge in [0.2, 0.25) is 5.91 Å². The Kier molecular flexibility index (Phi) is 5.11. The van der Waals surface area contributed by atoms with E-state index in [-0.39, 0.29) is 18.4 Å². The Balaban J connectivity index is 2.67. The molecule has 1 atom stereocenters. The number of amides is 1. The van der Waals surface area contributed by atoms with Crippen LogP contribution in [0.15, 0.2) is 12.1 Å². The van der Waals surface area contributed by atoms with E-state index in [1.54, 1.807) is 0 Å². The molecule has 0 fully saturated rings. The molecule has 0 aliphatic carbocycles. The molecule has 0 aromatic heterocycles. The Morgan fingerprint density at radius 1 is 1.33 bits per heavy atom. The minimum atomic E-state index is -1.30. The average Bonchev–Trinajstić information content (AvgIpc) is 2.26. The Hall–Kier alpha value is -1.60. The second-order valence-electron chi connectivity index (χ2n) is 3.65. The maximum Gasteiger partial charge on any atom is 0.246 e. The quantitative estimate of drug-likeness (QED) is 0.617. The number of halogens is 3. The number of benzene rings is 1. The lowest BCUT2D eigenvalue weighted by Gasteiger charge is -2.11. The second kappa shape index (κ2) is 6.36. The van der Waals surface area contributed by atoms with Crippen LogP contribution in [0, 0.1) is 17.5 Å². The molecule has 0 saturated heterocycles. The highest BCUT2D eigenvalue weighted by molar-refractivity contribution is 5.75. The van der Waals surface area contributed by atoms with Gasteiger partial charge in [0.25, 0.3) is 0 Å². The summed E-state index contributed by atoms with van der Waals surface area (Å²) < 4.78 is 38.8. The summed E-state index contributed by atoms with van der Waals surface area (Å²) in [5, 5.41) is 9.49. The third kappa shape index (κ3) is 4.01. The van der Waals surface area contributed by atoms with Gasteiger partial charge in [-0.25, -0.2) is 18.7 Å². The molecule has 18 heavy (non-hydrogen) atoms. The molecule has 100 valence electrons. The van der Waals surface area contributed by atoms with Crippen LogP contribution >= 0.6 is 0 Å². The van der Waals surface area contributed by atoms with Crippen molar-refractivity contribution in [3.63, 3.8) is 0 Å². The average molecular weight is 263 g/mol. The van der Waals surface area contributed by atoms with Gasteiger partial charge < -0.3 is 5.11 Å². The summed E-state index contributed by atoms with van der Waals surface area (Å²) in [7, 11) is 1.22. The summed E-state index contributed by atoms with van der Waals surface area (Å²) in [5.74, 6) is -4.09. The Bertz CT molecular complexity index is 440. The van der Waals surface area contributed by atoms with Crippen LogP contribution in [0.5, 0.6) is 0 Å². The van der Waals surface area contributed by atoms with Crippen LogP contribution in [-0.4, -0.2) is 24.2 Å². The van der Waals surface area contributed by atoms with Crippen molar-refractivity contribution in [3.05, 3.63) is 35.1 Å². The summed E-state index contributed by atoms with van der Waals surface area (Å²) in [5.41, 5.74) is 1.77. The van der Waals surface area contributed by atoms with E-state index in [4.69, 9.17) is 0 Å². The predicted molar refractivity (Wildman–Crippen MR) is 55.8 cm³/mol. The Morgan fingerprint density at radius 2 is 1.94 bits per heavy atom. The van der Waals surface area contributed by atoms with Crippen LogP contribution in [0.3, 0.4) is 0 Å². The van der Waals surface area contributed by atoms with Gasteiger partial charge in [0, 0.05) is 12.5 Å². The highest BCUT2D eigenvalue weighted by Crippen LogP contribution is 2.16. The molecule has 0 bridgehead atoms. The monoisotopic (exact) mass is 263 g/mol. The van der Waals surface area contributed by atoms with Gasteiger partial charge in [-0.15, -0.1) is 0 Å². The van der Waals surface area contributed by atoms with E-state index in [2.05, 4.69) is 4.84 Å². The maximum absolute atomic E-state index is 13.2. The van der Waals surface area contributed by atoms with E-state index in [9.17, 15) is 23.1 Å². The van der Waals surface area contributed by atoms with Gasteiger partial charge in [0.15, 0.2) is 11.6 Å². The summed E-state index contributed by atoms with van der Waals surface area (Å²) in [6, 6.07) is 1.05. The van der Waals surface area contributed by atoms with E-state index in [1.165, 1.54) is 7.11 Å². The Morgan fingerprint density at radius 3 is 2.56 bits per heavy atom. The molecule has 4 nitrogen and oxygen atoms in total. The zero-order valence-electron chi connectivity index (χ0n) is 9.54. The SMILES string of the molecule is CONC(=O)CC(O)Cc1cc(F)c(F)cc1F. The fraction of sp³-hybridized carbons (Fsp3) is 0.364. The first-order valence-corrected chi connectivity index (χ1v) is 5.07. The number of carbonyl (C=O) groups is 1. The molecular weight excluding hydrogens is 251 g/mol. The van der Waals surface area contributed by atoms with Crippen LogP contribution in [0.4, 0.5) is 13.2 Å². The number of nitrogens with one attached hydrogen (secondary N) is 1. The van der Waals surface area contributed by atoms with Crippen molar-refractivity contribution in [2.24, 2.45) is 0 Å². The van der Waals surface area contributed by atoms with E-state index < -0.39 is 29.5 Å². The highest BCUT2D eigenvalue weighted by Gasteiger charge is 2.16. The van der Waals surface area contributed by atoms with Gasteiger partial charge >= 0.3 is 0 Å². The molecule has 1 aromatic rings. The second-order valence-corrected chi connectivity index (χ2v) is 3.65. The van der Waals surface area contributed by atoms with Gasteiger partial charge in [0.05, 0.1) is 19.6 Å². The number of rotatable bonds is 5. The van der Waals surface area contributed by atoms with E-state index in [0.717, 1.165) is 0 Å². The highest BCUT2D eigenvalue weighted by atomic mass is 19.2. The number of hydrogen-bond acceptors (Lipinski definition) is 3. The van der Waals surface area contributed by atoms with Crippen LogP contribution in [0.25, 0.3) is 0 Å². The van der Waals surface area contributed by atoms with Gasteiger partial charge in [-0.2, -0.15) is 0 Å². The van der Waals surface area contributed by atoms with E-state index >= 15 is 0 Å². The third-order valence-corrected chi connectivity index (χ3v) is 2.18. The molecule has 1 amide bonds. The molecule has 0 aliphatic rings. The lowest BCUT2D eigenvalue weighted by molar-refractivity contribution is -0.133. The largest absolute Gasteiger partial charge is 0.392 e. The minimum absolute atomic E-state index is 0.202. The van der Waals surface area contributed by atoms with Crippen molar-refractivity contribution in [1.29, 1.82) is 0 Å². The van der Waals surface area contributed by atoms with Crippen molar-refractivity contribution in [3.8, 4) is 0 Å². The van der Waals surface area contributed by atoms with Crippen molar-refractivity contribution in [1.82, 2.24) is 5.48 Å². The number of hydroxylamine groups is 1. The van der Waals surface area contributed by atoms with E-state index in [0.29, 0.717) is 12.1 Å². The lowest BCUT2D eigenvalue weighted by Crippen LogP contribution is -2.27. The number of aliphatic hydroxyl groups is 1. The Labute approximate surface area is 101 Å². The zero-order valence-corrected chi connectivity index (χ0v) is 9.54. The molecule has 0 spiro atoms. The number of carbonyl (C=O) groups excluding carboxylic acids is 1. The van der Waals surface area contributed by atoms with Crippen molar-refractivity contribution in [2.75, 3.05) is 7.11 Å².